The number of hydrogen-bond donors (Lipinski definition) is 5. The van der Waals surface area contributed by atoms with Gasteiger partial charge in [0.25, 0.3) is 0 Å². The lowest BCUT2D eigenvalue weighted by atomic mass is 10.4. The van der Waals surface area contributed by atoms with Gasteiger partial charge in [0.2, 0.25) is 0 Å². The van der Waals surface area contributed by atoms with Crippen LogP contribution in [0.2, 0.25) is 0 Å². The number of carbonyl (C=O) groups is 1. The molecule has 0 aliphatic carbocycles. The van der Waals surface area contributed by atoms with Crippen LogP contribution >= 0.6 is 0 Å². The largest absolute Gasteiger partial charge is 0.341 e. The number of carbonyl (C=O) groups excluding carboxylic acids is 1. The van der Waals surface area contributed by atoms with Gasteiger partial charge in [-0.15, -0.1) is 0 Å². The molecule has 2 unspecified atom stereocenters. The monoisotopic (exact) mass is 231 g/mol. The third-order valence-corrected chi connectivity index (χ3v) is 2.18. The third kappa shape index (κ3) is 4.75. The van der Waals surface area contributed by atoms with Gasteiger partial charge in [0.15, 0.2) is 0 Å². The van der Waals surface area contributed by atoms with Crippen LogP contribution in [0.15, 0.2) is 0 Å². The van der Waals surface area contributed by atoms with Crippen molar-refractivity contribution in [2.24, 2.45) is 5.73 Å². The molecule has 7 nitrogen and oxygen atoms in total. The molecular formula is C9H21N5O2. The van der Waals surface area contributed by atoms with Crippen molar-refractivity contribution in [3.05, 3.63) is 0 Å². The highest BCUT2D eigenvalue weighted by molar-refractivity contribution is 5.73. The first kappa shape index (κ1) is 13.2. The smallest absolute Gasteiger partial charge is 0.334 e. The Hall–Kier alpha value is -0.890. The maximum Gasteiger partial charge on any atom is 0.341 e. The Morgan fingerprint density at radius 3 is 2.75 bits per heavy atom. The Morgan fingerprint density at radius 1 is 1.62 bits per heavy atom. The lowest BCUT2D eigenvalue weighted by molar-refractivity contribution is -0.0442. The van der Waals surface area contributed by atoms with Crippen molar-refractivity contribution < 1.29 is 10.0 Å². The molecule has 1 aliphatic heterocycles. The number of nitrogens with one attached hydrogen (secondary N) is 3. The molecule has 2 atom stereocenters. The maximum absolute atomic E-state index is 11.3. The molecule has 1 saturated heterocycles. The van der Waals surface area contributed by atoms with Crippen LogP contribution in [0, 0.1) is 0 Å². The van der Waals surface area contributed by atoms with Gasteiger partial charge in [-0.2, -0.15) is 0 Å². The first-order chi connectivity index (χ1) is 7.50. The molecule has 16 heavy (non-hydrogen) atoms. The Bertz CT molecular complexity index is 236. The molecule has 1 rings (SSSR count). The summed E-state index contributed by atoms with van der Waals surface area (Å²) in [6.45, 7) is 4.69. The molecule has 0 aromatic rings. The molecule has 1 heterocycles. The number of amides is 2. The summed E-state index contributed by atoms with van der Waals surface area (Å²) in [5.74, 6) is 0. The van der Waals surface area contributed by atoms with Crippen molar-refractivity contribution in [1.29, 1.82) is 0 Å². The van der Waals surface area contributed by atoms with E-state index in [4.69, 9.17) is 5.73 Å². The van der Waals surface area contributed by atoms with Crippen molar-refractivity contribution >= 4 is 6.03 Å². The Morgan fingerprint density at radius 2 is 2.25 bits per heavy atom. The second-order valence-electron chi connectivity index (χ2n) is 4.21. The second kappa shape index (κ2) is 6.00. The molecule has 94 valence electrons. The van der Waals surface area contributed by atoms with E-state index in [1.54, 1.807) is 0 Å². The lowest BCUT2D eigenvalue weighted by Crippen LogP contribution is -2.42. The predicted molar refractivity (Wildman–Crippen MR) is 59.7 cm³/mol. The van der Waals surface area contributed by atoms with Crippen LogP contribution in [0.25, 0.3) is 0 Å². The summed E-state index contributed by atoms with van der Waals surface area (Å²) >= 11 is 0. The zero-order chi connectivity index (χ0) is 12.1. The minimum atomic E-state index is -0.462. The van der Waals surface area contributed by atoms with Crippen LogP contribution in [0.1, 0.15) is 20.3 Å². The van der Waals surface area contributed by atoms with Crippen LogP contribution in [0.4, 0.5) is 4.79 Å². The van der Waals surface area contributed by atoms with Gasteiger partial charge >= 0.3 is 6.03 Å². The summed E-state index contributed by atoms with van der Waals surface area (Å²) in [7, 11) is 0. The molecule has 2 amide bonds. The SMILES string of the molecule is CC(C)NC(=O)N(O)CCCNC1NC1N. The third-order valence-electron chi connectivity index (χ3n) is 2.18. The van der Waals surface area contributed by atoms with Gasteiger partial charge in [-0.05, 0) is 26.8 Å². The Labute approximate surface area is 95.3 Å². The van der Waals surface area contributed by atoms with Gasteiger partial charge in [0, 0.05) is 6.04 Å². The first-order valence-corrected chi connectivity index (χ1v) is 5.52. The van der Waals surface area contributed by atoms with Gasteiger partial charge in [-0.25, -0.2) is 9.86 Å². The van der Waals surface area contributed by atoms with E-state index in [9.17, 15) is 10.0 Å². The van der Waals surface area contributed by atoms with Crippen molar-refractivity contribution in [2.75, 3.05) is 13.1 Å². The van der Waals surface area contributed by atoms with Crippen molar-refractivity contribution in [3.8, 4) is 0 Å². The van der Waals surface area contributed by atoms with E-state index in [0.29, 0.717) is 24.6 Å². The minimum absolute atomic E-state index is 0.0222. The fourth-order valence-electron chi connectivity index (χ4n) is 1.25. The highest BCUT2D eigenvalue weighted by atomic mass is 16.5. The number of hydrogen-bond acceptors (Lipinski definition) is 5. The fourth-order valence-corrected chi connectivity index (χ4v) is 1.25. The molecule has 0 aromatic heterocycles. The number of urea groups is 1. The van der Waals surface area contributed by atoms with Gasteiger partial charge in [-0.3, -0.25) is 15.8 Å². The summed E-state index contributed by atoms with van der Waals surface area (Å²) in [6.07, 6.45) is 0.888. The minimum Gasteiger partial charge on any atom is -0.334 e. The first-order valence-electron chi connectivity index (χ1n) is 5.52. The van der Waals surface area contributed by atoms with E-state index in [2.05, 4.69) is 16.0 Å². The normalized spacial score (nSPS) is 23.3. The number of nitrogens with two attached hydrogens (primary N) is 1. The average Bonchev–Trinajstić information content (AvgIpc) is 2.88. The van der Waals surface area contributed by atoms with Crippen LogP contribution in [0.5, 0.6) is 0 Å². The summed E-state index contributed by atoms with van der Waals surface area (Å²) in [4.78, 5) is 11.3. The van der Waals surface area contributed by atoms with Gasteiger partial charge < -0.3 is 11.1 Å². The van der Waals surface area contributed by atoms with Gasteiger partial charge in [0.05, 0.1) is 18.9 Å². The highest BCUT2D eigenvalue weighted by Crippen LogP contribution is 1.98. The summed E-state index contributed by atoms with van der Waals surface area (Å²) in [5, 5.41) is 18.8. The van der Waals surface area contributed by atoms with Gasteiger partial charge in [0.1, 0.15) is 0 Å². The zero-order valence-corrected chi connectivity index (χ0v) is 9.73. The van der Waals surface area contributed by atoms with Crippen LogP contribution in [-0.2, 0) is 0 Å². The molecule has 0 saturated carbocycles. The zero-order valence-electron chi connectivity index (χ0n) is 9.73. The van der Waals surface area contributed by atoms with Crippen LogP contribution in [0.3, 0.4) is 0 Å². The van der Waals surface area contributed by atoms with Gasteiger partial charge in [-0.1, -0.05) is 0 Å². The standard InChI is InChI=1S/C9H21N5O2/c1-6(2)12-9(15)14(16)5-3-4-11-8-7(10)13-8/h6-8,11,13,16H,3-5,10H2,1-2H3,(H,12,15). The summed E-state index contributed by atoms with van der Waals surface area (Å²) in [5.41, 5.74) is 5.51. The number of rotatable bonds is 6. The summed E-state index contributed by atoms with van der Waals surface area (Å²) in [6, 6.07) is -0.440. The van der Waals surface area contributed by atoms with E-state index < -0.39 is 6.03 Å². The van der Waals surface area contributed by atoms with E-state index in [1.165, 1.54) is 0 Å². The molecule has 0 bridgehead atoms. The topological polar surface area (TPSA) is 113 Å². The van der Waals surface area contributed by atoms with E-state index >= 15 is 0 Å². The van der Waals surface area contributed by atoms with Crippen LogP contribution < -0.4 is 21.7 Å². The predicted octanol–water partition coefficient (Wildman–Crippen LogP) is -1.01. The van der Waals surface area contributed by atoms with Crippen LogP contribution in [-0.4, -0.2) is 47.8 Å². The Kier molecular flexibility index (Phi) is 4.94. The fraction of sp³-hybridized carbons (Fsp3) is 0.889. The molecule has 7 heteroatoms. The quantitative estimate of drug-likeness (QED) is 0.174. The molecule has 1 fully saturated rings. The Balaban J connectivity index is 2.00. The lowest BCUT2D eigenvalue weighted by Gasteiger charge is -2.17. The number of hydroxylamine groups is 2. The molecule has 0 spiro atoms. The van der Waals surface area contributed by atoms with Crippen molar-refractivity contribution in [1.82, 2.24) is 21.0 Å². The second-order valence-corrected chi connectivity index (χ2v) is 4.21. The van der Waals surface area contributed by atoms with E-state index in [1.807, 2.05) is 13.8 Å². The molecular weight excluding hydrogens is 210 g/mol. The van der Waals surface area contributed by atoms with E-state index in [-0.39, 0.29) is 18.4 Å². The molecule has 6 N–H and O–H groups in total. The highest BCUT2D eigenvalue weighted by Gasteiger charge is 2.31. The van der Waals surface area contributed by atoms with Crippen molar-refractivity contribution in [2.45, 2.75) is 38.6 Å². The molecule has 0 aromatic carbocycles. The maximum atomic E-state index is 11.3. The van der Waals surface area contributed by atoms with E-state index in [0.717, 1.165) is 0 Å². The molecule has 1 aliphatic rings. The average molecular weight is 231 g/mol. The number of nitrogens with zero attached hydrogens (tertiary/aromatic N) is 1. The van der Waals surface area contributed by atoms with Crippen molar-refractivity contribution in [3.63, 3.8) is 0 Å². The molecule has 0 radical (unpaired) electrons. The summed E-state index contributed by atoms with van der Waals surface area (Å²) < 4.78 is 0.